The molecule has 1 aromatic heterocycles. The van der Waals surface area contributed by atoms with Gasteiger partial charge in [0.1, 0.15) is 73.9 Å². The van der Waals surface area contributed by atoms with Crippen molar-refractivity contribution >= 4 is 161 Å². The Morgan fingerprint density at radius 3 is 1.55 bits per heavy atom. The van der Waals surface area contributed by atoms with Crippen molar-refractivity contribution in [2.45, 2.75) is 19.3 Å². The number of furan rings is 1. The SMILES string of the molecule is Bc1c(B)c(B)c2c(-c3ccc4c(c3)C(C)(C)c3ccccc3-4)c3c(B)c(B)c(B)c(B)c3c(-c3ccc(-c4ccc5oc6c7ccccc7ccc6c5c4)cc3)c2c1B. The Balaban J connectivity index is 1.17. The Hall–Kier alpha value is -5.92. The summed E-state index contributed by atoms with van der Waals surface area (Å²) in [6.45, 7) is 4.79. The van der Waals surface area contributed by atoms with E-state index in [2.05, 4.69) is 198 Å². The van der Waals surface area contributed by atoms with Crippen LogP contribution in [0.1, 0.15) is 25.0 Å². The van der Waals surface area contributed by atoms with E-state index in [1.54, 1.807) is 0 Å². The molecule has 0 bridgehead atoms. The smallest absolute Gasteiger partial charge is 0.143 e. The molecular weight excluding hydrogens is 715 g/mol. The molecule has 1 nitrogen and oxygen atoms in total. The van der Waals surface area contributed by atoms with Gasteiger partial charge in [-0.25, -0.2) is 0 Å². The molecule has 1 heterocycles. The Morgan fingerprint density at radius 2 is 0.900 bits per heavy atom. The molecule has 0 saturated heterocycles. The van der Waals surface area contributed by atoms with Crippen molar-refractivity contribution in [3.05, 3.63) is 132 Å². The van der Waals surface area contributed by atoms with Crippen molar-refractivity contribution in [1.29, 1.82) is 0 Å². The molecule has 10 aromatic rings. The summed E-state index contributed by atoms with van der Waals surface area (Å²) in [4.78, 5) is 0. The van der Waals surface area contributed by atoms with Crippen LogP contribution in [0.15, 0.2) is 126 Å². The molecule has 0 atom stereocenters. The van der Waals surface area contributed by atoms with Crippen molar-refractivity contribution in [3.63, 3.8) is 0 Å². The van der Waals surface area contributed by atoms with Crippen LogP contribution < -0.4 is 43.7 Å². The van der Waals surface area contributed by atoms with Crippen LogP contribution in [-0.4, -0.2) is 62.8 Å². The summed E-state index contributed by atoms with van der Waals surface area (Å²) in [5.41, 5.74) is 26.0. The number of benzene rings is 9. The fraction of sp³-hybridized carbons (Fsp3) is 0.0588. The van der Waals surface area contributed by atoms with Crippen LogP contribution in [0.25, 0.3) is 98.8 Å². The topological polar surface area (TPSA) is 13.1 Å². The minimum absolute atomic E-state index is 0.0895. The molecule has 0 unspecified atom stereocenters. The van der Waals surface area contributed by atoms with Crippen LogP contribution in [-0.2, 0) is 5.41 Å². The third-order valence-corrected chi connectivity index (χ3v) is 15.1. The first-order valence-electron chi connectivity index (χ1n) is 21.5. The summed E-state index contributed by atoms with van der Waals surface area (Å²) in [5, 5.41) is 10.2. The van der Waals surface area contributed by atoms with Crippen LogP contribution in [0, 0.1) is 0 Å². The van der Waals surface area contributed by atoms with Gasteiger partial charge in [-0.05, 0) is 107 Å². The second-order valence-electron chi connectivity index (χ2n) is 18.2. The fourth-order valence-corrected chi connectivity index (χ4v) is 11.1. The average Bonchev–Trinajstić information content (AvgIpc) is 3.76. The van der Waals surface area contributed by atoms with Crippen LogP contribution >= 0.6 is 0 Å². The molecule has 60 heavy (non-hydrogen) atoms. The van der Waals surface area contributed by atoms with Gasteiger partial charge in [-0.2, -0.15) is 0 Å². The van der Waals surface area contributed by atoms with Gasteiger partial charge in [0.05, 0.1) is 0 Å². The number of hydrogen-bond acceptors (Lipinski definition) is 1. The molecular formula is C51H42B8O. The van der Waals surface area contributed by atoms with Gasteiger partial charge in [-0.3, -0.25) is 0 Å². The quantitative estimate of drug-likeness (QED) is 0.189. The van der Waals surface area contributed by atoms with Crippen LogP contribution in [0.4, 0.5) is 0 Å². The summed E-state index contributed by atoms with van der Waals surface area (Å²) in [6, 6.07) is 45.3. The lowest BCUT2D eigenvalue weighted by Gasteiger charge is -2.29. The van der Waals surface area contributed by atoms with Crippen LogP contribution in [0.2, 0.25) is 0 Å². The van der Waals surface area contributed by atoms with E-state index in [4.69, 9.17) is 4.42 Å². The minimum Gasteiger partial charge on any atom is -0.455 e. The van der Waals surface area contributed by atoms with Crippen LogP contribution in [0.5, 0.6) is 0 Å². The standard InChI is InChI=1S/C51H42B8O/c1-51(2)33-10-6-5-9-29(33)30-18-16-27(22-34(30)51)37-40-38(42(52)46(56)48(58)44(40)54)36(39-41(37)45(55)49(59)47(57)43(39)53)25-13-11-23(12-14-25)26-17-20-35-32(21-26)31-19-15-24-7-3-4-8-28(24)50(31)60-35/h3-22H,52-59H2,1-2H3. The first-order valence-corrected chi connectivity index (χ1v) is 21.5. The maximum atomic E-state index is 6.48. The maximum absolute atomic E-state index is 6.48. The number of fused-ring (bicyclic) bond motifs is 10. The molecule has 0 saturated carbocycles. The molecule has 9 heteroatoms. The highest BCUT2D eigenvalue weighted by Gasteiger charge is 2.36. The van der Waals surface area contributed by atoms with Gasteiger partial charge >= 0.3 is 0 Å². The predicted molar refractivity (Wildman–Crippen MR) is 286 cm³/mol. The molecule has 0 spiro atoms. The van der Waals surface area contributed by atoms with Gasteiger partial charge < -0.3 is 4.42 Å². The van der Waals surface area contributed by atoms with Crippen molar-refractivity contribution in [2.24, 2.45) is 0 Å². The Labute approximate surface area is 359 Å². The third-order valence-electron chi connectivity index (χ3n) is 15.1. The van der Waals surface area contributed by atoms with Crippen molar-refractivity contribution < 1.29 is 4.42 Å². The van der Waals surface area contributed by atoms with Gasteiger partial charge in [0.2, 0.25) is 0 Å². The molecule has 0 aliphatic heterocycles. The zero-order valence-electron chi connectivity index (χ0n) is 36.5. The summed E-state index contributed by atoms with van der Waals surface area (Å²) in [5.74, 6) is 0. The second-order valence-corrected chi connectivity index (χ2v) is 18.2. The molecule has 1 aliphatic carbocycles. The normalized spacial score (nSPS) is 13.2. The van der Waals surface area contributed by atoms with E-state index < -0.39 is 0 Å². The molecule has 1 aliphatic rings. The molecule has 0 N–H and O–H groups in total. The summed E-state index contributed by atoms with van der Waals surface area (Å²) in [7, 11) is 18.7. The zero-order valence-corrected chi connectivity index (χ0v) is 36.5. The van der Waals surface area contributed by atoms with E-state index in [1.165, 1.54) is 126 Å². The summed E-state index contributed by atoms with van der Waals surface area (Å²) >= 11 is 0. The molecule has 0 amide bonds. The highest BCUT2D eigenvalue weighted by atomic mass is 16.3. The second kappa shape index (κ2) is 13.0. The first kappa shape index (κ1) is 37.1. The highest BCUT2D eigenvalue weighted by molar-refractivity contribution is 6.71. The van der Waals surface area contributed by atoms with Crippen molar-refractivity contribution in [1.82, 2.24) is 0 Å². The van der Waals surface area contributed by atoms with Crippen molar-refractivity contribution in [2.75, 3.05) is 0 Å². The van der Waals surface area contributed by atoms with E-state index in [9.17, 15) is 0 Å². The molecule has 9 aromatic carbocycles. The van der Waals surface area contributed by atoms with E-state index in [0.29, 0.717) is 0 Å². The number of rotatable bonds is 3. The molecule has 0 fully saturated rings. The van der Waals surface area contributed by atoms with Gasteiger partial charge in [0.25, 0.3) is 0 Å². The van der Waals surface area contributed by atoms with Gasteiger partial charge in [0.15, 0.2) is 0 Å². The lowest BCUT2D eigenvalue weighted by Crippen LogP contribution is -2.50. The highest BCUT2D eigenvalue weighted by Crippen LogP contribution is 2.51. The minimum atomic E-state index is -0.0895. The summed E-state index contributed by atoms with van der Waals surface area (Å²) in [6.07, 6.45) is 0. The lowest BCUT2D eigenvalue weighted by molar-refractivity contribution is 0.660. The number of hydrogen-bond donors (Lipinski definition) is 0. The largest absolute Gasteiger partial charge is 0.455 e. The van der Waals surface area contributed by atoms with E-state index in [0.717, 1.165) is 27.3 Å². The Bertz CT molecular complexity index is 3470. The van der Waals surface area contributed by atoms with Crippen molar-refractivity contribution in [3.8, 4) is 44.5 Å². The Morgan fingerprint density at radius 1 is 0.383 bits per heavy atom. The van der Waals surface area contributed by atoms with Crippen LogP contribution in [0.3, 0.4) is 0 Å². The molecule has 276 valence electrons. The zero-order chi connectivity index (χ0) is 41.5. The fourth-order valence-electron chi connectivity index (χ4n) is 11.1. The predicted octanol–water partition coefficient (Wildman–Crippen LogP) is 0.420. The van der Waals surface area contributed by atoms with E-state index >= 15 is 0 Å². The first-order chi connectivity index (χ1) is 28.9. The summed E-state index contributed by atoms with van der Waals surface area (Å²) < 4.78 is 6.48. The van der Waals surface area contributed by atoms with E-state index in [-0.39, 0.29) is 5.41 Å². The van der Waals surface area contributed by atoms with Gasteiger partial charge in [0, 0.05) is 21.6 Å². The van der Waals surface area contributed by atoms with Gasteiger partial charge in [-0.1, -0.05) is 133 Å². The molecule has 11 rings (SSSR count). The monoisotopic (exact) mass is 758 g/mol. The maximum Gasteiger partial charge on any atom is 0.143 e. The third kappa shape index (κ3) is 4.99. The van der Waals surface area contributed by atoms with Gasteiger partial charge in [-0.15, -0.1) is 21.9 Å². The Kier molecular flexibility index (Phi) is 8.06. The molecule has 0 radical (unpaired) electrons. The average molecular weight is 757 g/mol. The lowest BCUT2D eigenvalue weighted by atomic mass is 9.59. The van der Waals surface area contributed by atoms with E-state index in [1.807, 2.05) is 0 Å².